The molecule has 0 saturated heterocycles. The highest BCUT2D eigenvalue weighted by molar-refractivity contribution is 5.91. The molecule has 136 valence electrons. The topological polar surface area (TPSA) is 98.8 Å². The van der Waals surface area contributed by atoms with Crippen molar-refractivity contribution >= 4 is 40.2 Å². The molecule has 0 aliphatic rings. The van der Waals surface area contributed by atoms with Crippen LogP contribution in [0.15, 0.2) is 30.6 Å². The van der Waals surface area contributed by atoms with E-state index >= 15 is 0 Å². The lowest BCUT2D eigenvalue weighted by Crippen LogP contribution is -2.27. The van der Waals surface area contributed by atoms with Gasteiger partial charge in [-0.25, -0.2) is 4.98 Å². The molecule has 2 aromatic heterocycles. The molecule has 0 saturated carbocycles. The highest BCUT2D eigenvalue weighted by atomic mass is 16.2. The Bertz CT molecular complexity index is 902. The number of aromatic nitrogens is 4. The summed E-state index contributed by atoms with van der Waals surface area (Å²) < 4.78 is 0. The molecule has 0 unspecified atom stereocenters. The van der Waals surface area contributed by atoms with E-state index in [9.17, 15) is 4.79 Å². The summed E-state index contributed by atoms with van der Waals surface area (Å²) in [4.78, 5) is 29.6. The number of benzene rings is 1. The third kappa shape index (κ3) is 3.74. The second-order valence-corrected chi connectivity index (χ2v) is 6.23. The Kier molecular flexibility index (Phi) is 5.01. The highest BCUT2D eigenvalue weighted by Crippen LogP contribution is 2.23. The summed E-state index contributed by atoms with van der Waals surface area (Å²) in [6.07, 6.45) is 1.60. The molecule has 8 nitrogen and oxygen atoms in total. The zero-order chi connectivity index (χ0) is 18.7. The van der Waals surface area contributed by atoms with Gasteiger partial charge in [-0.1, -0.05) is 0 Å². The van der Waals surface area contributed by atoms with Crippen molar-refractivity contribution < 1.29 is 4.79 Å². The van der Waals surface area contributed by atoms with E-state index in [4.69, 9.17) is 0 Å². The van der Waals surface area contributed by atoms with Gasteiger partial charge < -0.3 is 20.5 Å². The Morgan fingerprint density at radius 2 is 1.96 bits per heavy atom. The van der Waals surface area contributed by atoms with Gasteiger partial charge in [0, 0.05) is 30.9 Å². The van der Waals surface area contributed by atoms with Crippen LogP contribution in [0.25, 0.3) is 11.2 Å². The van der Waals surface area contributed by atoms with E-state index in [2.05, 4.69) is 30.6 Å². The van der Waals surface area contributed by atoms with Crippen molar-refractivity contribution in [2.24, 2.45) is 0 Å². The van der Waals surface area contributed by atoms with Gasteiger partial charge in [0.05, 0.1) is 6.33 Å². The molecule has 0 aliphatic heterocycles. The van der Waals surface area contributed by atoms with Crippen molar-refractivity contribution in [2.45, 2.75) is 33.7 Å². The van der Waals surface area contributed by atoms with Crippen LogP contribution in [0.2, 0.25) is 0 Å². The summed E-state index contributed by atoms with van der Waals surface area (Å²) in [6, 6.07) is 7.82. The second kappa shape index (κ2) is 7.38. The predicted molar refractivity (Wildman–Crippen MR) is 104 cm³/mol. The van der Waals surface area contributed by atoms with Gasteiger partial charge in [-0.2, -0.15) is 9.97 Å². The van der Waals surface area contributed by atoms with Crippen LogP contribution in [-0.4, -0.2) is 38.4 Å². The van der Waals surface area contributed by atoms with Crippen LogP contribution < -0.4 is 15.5 Å². The lowest BCUT2D eigenvalue weighted by molar-refractivity contribution is -0.116. The van der Waals surface area contributed by atoms with Crippen molar-refractivity contribution in [1.29, 1.82) is 0 Å². The fourth-order valence-corrected chi connectivity index (χ4v) is 2.71. The Morgan fingerprint density at radius 3 is 2.58 bits per heavy atom. The predicted octanol–water partition coefficient (Wildman–Crippen LogP) is 3.29. The molecule has 0 radical (unpaired) electrons. The van der Waals surface area contributed by atoms with Crippen molar-refractivity contribution in [3.8, 4) is 0 Å². The van der Waals surface area contributed by atoms with E-state index in [-0.39, 0.29) is 11.9 Å². The SMILES string of the molecule is CCN(C(C)=O)c1ccc(Nc2nc(NC(C)C)c3[nH]cnc3n2)cc1. The Morgan fingerprint density at radius 1 is 1.23 bits per heavy atom. The van der Waals surface area contributed by atoms with E-state index in [1.165, 1.54) is 0 Å². The number of H-pyrrole nitrogens is 1. The number of carbonyl (C=O) groups excluding carboxylic acids is 1. The van der Waals surface area contributed by atoms with E-state index in [0.717, 1.165) is 16.9 Å². The number of nitrogens with zero attached hydrogens (tertiary/aromatic N) is 4. The number of carbonyl (C=O) groups is 1. The van der Waals surface area contributed by atoms with Gasteiger partial charge in [0.2, 0.25) is 11.9 Å². The average Bonchev–Trinajstić information content (AvgIpc) is 3.05. The van der Waals surface area contributed by atoms with Crippen LogP contribution in [-0.2, 0) is 4.79 Å². The van der Waals surface area contributed by atoms with E-state index in [1.807, 2.05) is 45.0 Å². The monoisotopic (exact) mass is 353 g/mol. The minimum atomic E-state index is 0.0185. The Labute approximate surface area is 152 Å². The number of nitrogens with one attached hydrogen (secondary N) is 3. The first-order valence-electron chi connectivity index (χ1n) is 8.60. The molecule has 0 bridgehead atoms. The van der Waals surface area contributed by atoms with Gasteiger partial charge in [-0.15, -0.1) is 0 Å². The van der Waals surface area contributed by atoms with Gasteiger partial charge in [0.15, 0.2) is 11.5 Å². The van der Waals surface area contributed by atoms with Crippen molar-refractivity contribution in [1.82, 2.24) is 19.9 Å². The zero-order valence-electron chi connectivity index (χ0n) is 15.4. The fourth-order valence-electron chi connectivity index (χ4n) is 2.71. The maximum Gasteiger partial charge on any atom is 0.231 e. The fraction of sp³-hybridized carbons (Fsp3) is 0.333. The standard InChI is InChI=1S/C18H23N7O/c1-5-25(12(4)26)14-8-6-13(7-9-14)22-18-23-16-15(19-10-20-16)17(24-18)21-11(2)3/h6-11H,5H2,1-4H3,(H3,19,20,21,22,23,24). The smallest absolute Gasteiger partial charge is 0.231 e. The lowest BCUT2D eigenvalue weighted by Gasteiger charge is -2.19. The van der Waals surface area contributed by atoms with Crippen LogP contribution in [0, 0.1) is 0 Å². The minimum Gasteiger partial charge on any atom is -0.366 e. The molecule has 1 amide bonds. The number of aromatic amines is 1. The van der Waals surface area contributed by atoms with Crippen molar-refractivity contribution in [3.63, 3.8) is 0 Å². The molecule has 26 heavy (non-hydrogen) atoms. The van der Waals surface area contributed by atoms with Crippen LogP contribution in [0.5, 0.6) is 0 Å². The number of amides is 1. The molecule has 3 aromatic rings. The highest BCUT2D eigenvalue weighted by Gasteiger charge is 2.12. The van der Waals surface area contributed by atoms with E-state index in [1.54, 1.807) is 18.2 Å². The number of anilines is 4. The summed E-state index contributed by atoms with van der Waals surface area (Å²) in [5.74, 6) is 1.18. The average molecular weight is 353 g/mol. The molecule has 8 heteroatoms. The van der Waals surface area contributed by atoms with Crippen LogP contribution in [0.4, 0.5) is 23.1 Å². The first-order valence-corrected chi connectivity index (χ1v) is 8.60. The number of rotatable bonds is 6. The Hall–Kier alpha value is -3.16. The molecule has 0 aliphatic carbocycles. The molecule has 1 aromatic carbocycles. The number of hydrogen-bond donors (Lipinski definition) is 3. The van der Waals surface area contributed by atoms with Crippen LogP contribution >= 0.6 is 0 Å². The molecule has 0 atom stereocenters. The van der Waals surface area contributed by atoms with Crippen LogP contribution in [0.3, 0.4) is 0 Å². The normalized spacial score (nSPS) is 11.0. The third-order valence-corrected chi connectivity index (χ3v) is 3.84. The third-order valence-electron chi connectivity index (χ3n) is 3.84. The molecule has 0 fully saturated rings. The molecular weight excluding hydrogens is 330 g/mol. The molecule has 3 rings (SSSR count). The van der Waals surface area contributed by atoms with E-state index < -0.39 is 0 Å². The van der Waals surface area contributed by atoms with Gasteiger partial charge in [0.1, 0.15) is 5.52 Å². The maximum atomic E-state index is 11.6. The number of fused-ring (bicyclic) bond motifs is 1. The summed E-state index contributed by atoms with van der Waals surface area (Å²) >= 11 is 0. The van der Waals surface area contributed by atoms with Gasteiger partial charge in [-0.05, 0) is 45.0 Å². The van der Waals surface area contributed by atoms with Crippen LogP contribution in [0.1, 0.15) is 27.7 Å². The largest absolute Gasteiger partial charge is 0.366 e. The summed E-state index contributed by atoms with van der Waals surface area (Å²) in [7, 11) is 0. The Balaban J connectivity index is 1.85. The number of hydrogen-bond acceptors (Lipinski definition) is 6. The summed E-state index contributed by atoms with van der Waals surface area (Å²) in [6.45, 7) is 8.23. The first kappa shape index (κ1) is 17.7. The molecule has 2 heterocycles. The van der Waals surface area contributed by atoms with Gasteiger partial charge >= 0.3 is 0 Å². The van der Waals surface area contributed by atoms with E-state index in [0.29, 0.717) is 24.0 Å². The van der Waals surface area contributed by atoms with Crippen molar-refractivity contribution in [3.05, 3.63) is 30.6 Å². The lowest BCUT2D eigenvalue weighted by atomic mass is 10.2. The summed E-state index contributed by atoms with van der Waals surface area (Å²) in [5, 5.41) is 6.49. The zero-order valence-corrected chi connectivity index (χ0v) is 15.4. The molecule has 3 N–H and O–H groups in total. The number of imidazole rings is 1. The second-order valence-electron chi connectivity index (χ2n) is 6.23. The summed E-state index contributed by atoms with van der Waals surface area (Å²) in [5.41, 5.74) is 3.06. The van der Waals surface area contributed by atoms with Crippen molar-refractivity contribution in [2.75, 3.05) is 22.1 Å². The first-order chi connectivity index (χ1) is 12.5. The molecular formula is C18H23N7O. The minimum absolute atomic E-state index is 0.0185. The maximum absolute atomic E-state index is 11.6. The van der Waals surface area contributed by atoms with Gasteiger partial charge in [-0.3, -0.25) is 4.79 Å². The quantitative estimate of drug-likeness (QED) is 0.629. The molecule has 0 spiro atoms. The van der Waals surface area contributed by atoms with Gasteiger partial charge in [0.25, 0.3) is 0 Å².